The average molecular weight is 417 g/mol. The van der Waals surface area contributed by atoms with Gasteiger partial charge in [-0.25, -0.2) is 5.43 Å². The maximum Gasteiger partial charge on any atom is 0.244 e. The maximum atomic E-state index is 12.3. The van der Waals surface area contributed by atoms with Crippen LogP contribution in [-0.2, 0) is 11.2 Å². The summed E-state index contributed by atoms with van der Waals surface area (Å²) in [5.41, 5.74) is 3.51. The number of phenolic OH excluding ortho intramolecular Hbond substituents is 1. The lowest BCUT2D eigenvalue weighted by molar-refractivity contribution is -0.120. The summed E-state index contributed by atoms with van der Waals surface area (Å²) in [6.07, 6.45) is 1.41. The average Bonchev–Trinajstić information content (AvgIpc) is 2.69. The minimum atomic E-state index is -0.296. The fourth-order valence-electron chi connectivity index (χ4n) is 2.82. The van der Waals surface area contributed by atoms with Crippen LogP contribution < -0.4 is 10.2 Å². The SMILES string of the molecule is CCOc1cc(Cl)c(Cl)c(/C=N/NC(=O)Cc2cccc3ccccc23)c1O. The Morgan fingerprint density at radius 2 is 1.96 bits per heavy atom. The van der Waals surface area contributed by atoms with Crippen LogP contribution in [0.5, 0.6) is 11.5 Å². The minimum absolute atomic E-state index is 0.120. The van der Waals surface area contributed by atoms with Crippen molar-refractivity contribution in [3.63, 3.8) is 0 Å². The van der Waals surface area contributed by atoms with Gasteiger partial charge in [-0.15, -0.1) is 0 Å². The topological polar surface area (TPSA) is 70.9 Å². The first-order valence-corrected chi connectivity index (χ1v) is 9.39. The van der Waals surface area contributed by atoms with E-state index in [0.717, 1.165) is 16.3 Å². The molecule has 3 aromatic rings. The molecule has 0 aliphatic heterocycles. The number of hydrogen-bond acceptors (Lipinski definition) is 4. The zero-order valence-electron chi connectivity index (χ0n) is 15.1. The molecule has 3 aromatic carbocycles. The van der Waals surface area contributed by atoms with Crippen LogP contribution in [-0.4, -0.2) is 23.8 Å². The molecule has 0 saturated carbocycles. The number of nitrogens with one attached hydrogen (secondary N) is 1. The van der Waals surface area contributed by atoms with E-state index in [1.165, 1.54) is 12.3 Å². The molecule has 7 heteroatoms. The van der Waals surface area contributed by atoms with Crippen molar-refractivity contribution in [2.24, 2.45) is 5.10 Å². The number of phenols is 1. The number of benzene rings is 3. The Kier molecular flexibility index (Phi) is 6.39. The third-order valence-electron chi connectivity index (χ3n) is 4.11. The predicted octanol–water partition coefficient (Wildman–Crippen LogP) is 4.94. The standard InChI is InChI=1S/C21H18Cl2N2O3/c1-2-28-18-11-17(22)20(23)16(21(18)27)12-24-25-19(26)10-14-8-5-7-13-6-3-4-9-15(13)14/h3-9,11-12,27H,2,10H2,1H3,(H,25,26)/b24-12+. The fourth-order valence-corrected chi connectivity index (χ4v) is 3.22. The number of carbonyl (C=O) groups excluding carboxylic acids is 1. The summed E-state index contributed by atoms with van der Waals surface area (Å²) in [7, 11) is 0. The summed E-state index contributed by atoms with van der Waals surface area (Å²) in [4.78, 5) is 12.3. The van der Waals surface area contributed by atoms with Crippen molar-refractivity contribution in [3.05, 3.63) is 69.7 Å². The number of halogens is 2. The van der Waals surface area contributed by atoms with E-state index in [9.17, 15) is 9.90 Å². The number of amides is 1. The summed E-state index contributed by atoms with van der Waals surface area (Å²) in [5, 5.41) is 16.6. The third-order valence-corrected chi connectivity index (χ3v) is 4.91. The van der Waals surface area contributed by atoms with Crippen LogP contribution >= 0.6 is 23.2 Å². The molecule has 0 unspecified atom stereocenters. The van der Waals surface area contributed by atoms with Gasteiger partial charge in [0.05, 0.1) is 34.9 Å². The molecule has 144 valence electrons. The van der Waals surface area contributed by atoms with Gasteiger partial charge in [0.2, 0.25) is 5.91 Å². The Hall–Kier alpha value is -2.76. The Balaban J connectivity index is 1.75. The van der Waals surface area contributed by atoms with Gasteiger partial charge in [-0.05, 0) is 23.3 Å². The normalized spacial score (nSPS) is 11.1. The largest absolute Gasteiger partial charge is 0.504 e. The number of carbonyl (C=O) groups is 1. The molecule has 0 atom stereocenters. The van der Waals surface area contributed by atoms with E-state index in [1.807, 2.05) is 42.5 Å². The van der Waals surface area contributed by atoms with E-state index in [2.05, 4.69) is 10.5 Å². The maximum absolute atomic E-state index is 12.3. The molecule has 0 aromatic heterocycles. The molecular weight excluding hydrogens is 399 g/mol. The quantitative estimate of drug-likeness (QED) is 0.441. The highest BCUT2D eigenvalue weighted by molar-refractivity contribution is 6.43. The lowest BCUT2D eigenvalue weighted by Gasteiger charge is -2.11. The molecule has 0 radical (unpaired) electrons. The molecule has 28 heavy (non-hydrogen) atoms. The van der Waals surface area contributed by atoms with E-state index < -0.39 is 0 Å². The van der Waals surface area contributed by atoms with Gasteiger partial charge >= 0.3 is 0 Å². The fraction of sp³-hybridized carbons (Fsp3) is 0.143. The molecule has 3 rings (SSSR count). The monoisotopic (exact) mass is 416 g/mol. The summed E-state index contributed by atoms with van der Waals surface area (Å²) < 4.78 is 5.32. The van der Waals surface area contributed by atoms with Gasteiger partial charge in [-0.3, -0.25) is 4.79 Å². The predicted molar refractivity (Wildman–Crippen MR) is 113 cm³/mol. The highest BCUT2D eigenvalue weighted by atomic mass is 35.5. The van der Waals surface area contributed by atoms with Gasteiger partial charge in [-0.1, -0.05) is 65.7 Å². The van der Waals surface area contributed by atoms with Crippen molar-refractivity contribution < 1.29 is 14.6 Å². The second-order valence-corrected chi connectivity index (χ2v) is 6.76. The van der Waals surface area contributed by atoms with Crippen molar-refractivity contribution in [3.8, 4) is 11.5 Å². The van der Waals surface area contributed by atoms with Gasteiger partial charge in [0.15, 0.2) is 11.5 Å². The minimum Gasteiger partial charge on any atom is -0.504 e. The van der Waals surface area contributed by atoms with Gasteiger partial charge < -0.3 is 9.84 Å². The zero-order valence-corrected chi connectivity index (χ0v) is 16.6. The molecule has 0 fully saturated rings. The Morgan fingerprint density at radius 3 is 2.75 bits per heavy atom. The van der Waals surface area contributed by atoms with E-state index in [0.29, 0.717) is 6.61 Å². The first-order valence-electron chi connectivity index (χ1n) is 8.63. The molecule has 0 spiro atoms. The number of fused-ring (bicyclic) bond motifs is 1. The Labute approximate surface area is 172 Å². The molecule has 0 aliphatic rings. The summed E-state index contributed by atoms with van der Waals surface area (Å²) in [6, 6.07) is 15.1. The molecule has 1 amide bonds. The second-order valence-electron chi connectivity index (χ2n) is 5.97. The number of nitrogens with zero attached hydrogens (tertiary/aromatic N) is 1. The zero-order chi connectivity index (χ0) is 20.1. The first-order chi connectivity index (χ1) is 13.5. The van der Waals surface area contributed by atoms with Crippen LogP contribution in [0.3, 0.4) is 0 Å². The number of aromatic hydroxyl groups is 1. The molecule has 0 saturated heterocycles. The summed E-state index contributed by atoms with van der Waals surface area (Å²) in [5.74, 6) is -0.293. The van der Waals surface area contributed by atoms with Crippen molar-refractivity contribution >= 4 is 46.1 Å². The smallest absolute Gasteiger partial charge is 0.244 e. The molecule has 0 aliphatic carbocycles. The van der Waals surface area contributed by atoms with Crippen molar-refractivity contribution in [2.75, 3.05) is 6.61 Å². The molecular formula is C21H18Cl2N2O3. The molecule has 0 bridgehead atoms. The van der Waals surface area contributed by atoms with E-state index in [4.69, 9.17) is 27.9 Å². The lowest BCUT2D eigenvalue weighted by atomic mass is 10.0. The van der Waals surface area contributed by atoms with Crippen LogP contribution in [0.4, 0.5) is 0 Å². The van der Waals surface area contributed by atoms with Crippen LogP contribution in [0.15, 0.2) is 53.6 Å². The Bertz CT molecular complexity index is 1050. The van der Waals surface area contributed by atoms with Gasteiger partial charge in [0.25, 0.3) is 0 Å². The third kappa shape index (κ3) is 4.38. The van der Waals surface area contributed by atoms with Crippen LogP contribution in [0.1, 0.15) is 18.1 Å². The second kappa shape index (κ2) is 8.95. The Morgan fingerprint density at radius 1 is 1.21 bits per heavy atom. The summed E-state index contributed by atoms with van der Waals surface area (Å²) >= 11 is 12.2. The lowest BCUT2D eigenvalue weighted by Crippen LogP contribution is -2.20. The number of hydrazone groups is 1. The molecule has 0 heterocycles. The number of hydrogen-bond donors (Lipinski definition) is 2. The van der Waals surface area contributed by atoms with Crippen molar-refractivity contribution in [1.29, 1.82) is 0 Å². The number of ether oxygens (including phenoxy) is 1. The summed E-state index contributed by atoms with van der Waals surface area (Å²) in [6.45, 7) is 2.13. The van der Waals surface area contributed by atoms with Crippen molar-refractivity contribution in [2.45, 2.75) is 13.3 Å². The van der Waals surface area contributed by atoms with Crippen molar-refractivity contribution in [1.82, 2.24) is 5.43 Å². The highest BCUT2D eigenvalue weighted by Crippen LogP contribution is 2.39. The highest BCUT2D eigenvalue weighted by Gasteiger charge is 2.15. The van der Waals surface area contributed by atoms with Crippen LogP contribution in [0.25, 0.3) is 10.8 Å². The van der Waals surface area contributed by atoms with Gasteiger partial charge in [-0.2, -0.15) is 5.10 Å². The first kappa shape index (κ1) is 20.0. The van der Waals surface area contributed by atoms with Crippen LogP contribution in [0, 0.1) is 0 Å². The van der Waals surface area contributed by atoms with E-state index in [1.54, 1.807) is 6.92 Å². The van der Waals surface area contributed by atoms with Gasteiger partial charge in [0, 0.05) is 6.07 Å². The van der Waals surface area contributed by atoms with Gasteiger partial charge in [0.1, 0.15) is 0 Å². The van der Waals surface area contributed by atoms with E-state index >= 15 is 0 Å². The van der Waals surface area contributed by atoms with Crippen LogP contribution in [0.2, 0.25) is 10.0 Å². The molecule has 2 N–H and O–H groups in total. The van der Waals surface area contributed by atoms with E-state index in [-0.39, 0.29) is 39.4 Å². The molecule has 5 nitrogen and oxygen atoms in total. The number of rotatable bonds is 6.